The molecule has 0 bridgehead atoms. The number of rotatable bonds is 6. The Morgan fingerprint density at radius 1 is 1.30 bits per heavy atom. The van der Waals surface area contributed by atoms with Crippen LogP contribution >= 0.6 is 0 Å². The predicted octanol–water partition coefficient (Wildman–Crippen LogP) is 2.37. The number of fused-ring (bicyclic) bond motifs is 1. The smallest absolute Gasteiger partial charge is 0.244 e. The number of aromatic nitrogens is 2. The van der Waals surface area contributed by atoms with Crippen LogP contribution in [0, 0.1) is 0 Å². The summed E-state index contributed by atoms with van der Waals surface area (Å²) in [7, 11) is 1.66. The molecule has 27 heavy (non-hydrogen) atoms. The van der Waals surface area contributed by atoms with Crippen LogP contribution < -0.4 is 4.90 Å². The molecule has 1 amide bonds. The van der Waals surface area contributed by atoms with E-state index in [0.29, 0.717) is 31.3 Å². The van der Waals surface area contributed by atoms with Crippen molar-refractivity contribution in [2.75, 3.05) is 38.3 Å². The van der Waals surface area contributed by atoms with Gasteiger partial charge in [-0.25, -0.2) is 0 Å². The Morgan fingerprint density at radius 2 is 2.19 bits per heavy atom. The van der Waals surface area contributed by atoms with Crippen molar-refractivity contribution in [1.82, 2.24) is 15.0 Å². The van der Waals surface area contributed by atoms with E-state index in [-0.39, 0.29) is 11.9 Å². The van der Waals surface area contributed by atoms with Gasteiger partial charge in [-0.3, -0.25) is 9.69 Å². The molecule has 0 N–H and O–H groups in total. The topological polar surface area (TPSA) is 71.7 Å². The summed E-state index contributed by atoms with van der Waals surface area (Å²) in [5, 5.41) is 4.06. The minimum Gasteiger partial charge on any atom is -0.384 e. The third kappa shape index (κ3) is 3.89. The van der Waals surface area contributed by atoms with E-state index in [9.17, 15) is 4.79 Å². The zero-order valence-electron chi connectivity index (χ0n) is 15.8. The maximum atomic E-state index is 13.0. The Hall–Kier alpha value is -2.25. The van der Waals surface area contributed by atoms with Gasteiger partial charge in [0.2, 0.25) is 11.8 Å². The van der Waals surface area contributed by atoms with Gasteiger partial charge in [-0.2, -0.15) is 4.98 Å². The highest BCUT2D eigenvalue weighted by Gasteiger charge is 2.32. The molecule has 0 unspecified atom stereocenters. The lowest BCUT2D eigenvalue weighted by molar-refractivity contribution is -0.120. The van der Waals surface area contributed by atoms with E-state index >= 15 is 0 Å². The van der Waals surface area contributed by atoms with E-state index < -0.39 is 0 Å². The van der Waals surface area contributed by atoms with Crippen molar-refractivity contribution in [3.63, 3.8) is 0 Å². The van der Waals surface area contributed by atoms with Gasteiger partial charge < -0.3 is 14.2 Å². The molecule has 7 nitrogen and oxygen atoms in total. The van der Waals surface area contributed by atoms with Crippen molar-refractivity contribution in [2.24, 2.45) is 0 Å². The number of methoxy groups -OCH3 is 1. The van der Waals surface area contributed by atoms with Crippen LogP contribution in [0.25, 0.3) is 0 Å². The van der Waals surface area contributed by atoms with Gasteiger partial charge in [-0.15, -0.1) is 0 Å². The van der Waals surface area contributed by atoms with Crippen molar-refractivity contribution < 1.29 is 14.1 Å². The number of carbonyl (C=O) groups is 1. The lowest BCUT2D eigenvalue weighted by atomic mass is 10.0. The average Bonchev–Trinajstić information content (AvgIpc) is 3.34. The molecule has 144 valence electrons. The predicted molar refractivity (Wildman–Crippen MR) is 101 cm³/mol. The van der Waals surface area contributed by atoms with Crippen LogP contribution in [0.15, 0.2) is 28.8 Å². The van der Waals surface area contributed by atoms with Gasteiger partial charge in [0, 0.05) is 25.8 Å². The van der Waals surface area contributed by atoms with E-state index in [1.807, 2.05) is 23.1 Å². The van der Waals surface area contributed by atoms with Crippen LogP contribution in [0.4, 0.5) is 5.69 Å². The Kier molecular flexibility index (Phi) is 5.50. The van der Waals surface area contributed by atoms with E-state index in [1.165, 1.54) is 5.56 Å². The molecule has 4 rings (SSSR count). The number of hydrogen-bond acceptors (Lipinski definition) is 6. The lowest BCUT2D eigenvalue weighted by Crippen LogP contribution is -2.43. The standard InChI is InChI=1S/C20H26N4O3/c1-26-13-10-18-21-20(27-22-18)17-8-4-5-11-23(17)14-19(25)24-12-9-15-6-2-3-7-16(15)24/h2-3,6-7,17H,4-5,8-14H2,1H3/t17-/m1/s1. The van der Waals surface area contributed by atoms with Crippen molar-refractivity contribution in [1.29, 1.82) is 0 Å². The van der Waals surface area contributed by atoms with Gasteiger partial charge in [-0.05, 0) is 37.4 Å². The van der Waals surface area contributed by atoms with E-state index in [2.05, 4.69) is 21.1 Å². The van der Waals surface area contributed by atoms with Crippen LogP contribution in [0.3, 0.4) is 0 Å². The molecule has 1 aromatic carbocycles. The molecule has 0 radical (unpaired) electrons. The Labute approximate surface area is 159 Å². The first-order chi connectivity index (χ1) is 13.3. The first-order valence-electron chi connectivity index (χ1n) is 9.70. The van der Waals surface area contributed by atoms with Gasteiger partial charge in [-0.1, -0.05) is 29.8 Å². The Balaban J connectivity index is 1.45. The highest BCUT2D eigenvalue weighted by atomic mass is 16.5. The second kappa shape index (κ2) is 8.19. The van der Waals surface area contributed by atoms with Gasteiger partial charge >= 0.3 is 0 Å². The SMILES string of the molecule is COCCc1noc([C@H]2CCCCN2CC(=O)N2CCc3ccccc32)n1. The Morgan fingerprint density at radius 3 is 3.07 bits per heavy atom. The molecule has 2 aromatic rings. The summed E-state index contributed by atoms with van der Waals surface area (Å²) in [6.07, 6.45) is 4.70. The van der Waals surface area contributed by atoms with Crippen LogP contribution in [0.5, 0.6) is 0 Å². The zero-order valence-corrected chi connectivity index (χ0v) is 15.8. The summed E-state index contributed by atoms with van der Waals surface area (Å²) in [5.41, 5.74) is 2.30. The molecular formula is C20H26N4O3. The summed E-state index contributed by atoms with van der Waals surface area (Å²) in [4.78, 5) is 21.6. The first-order valence-corrected chi connectivity index (χ1v) is 9.70. The fourth-order valence-corrected chi connectivity index (χ4v) is 4.01. The van der Waals surface area contributed by atoms with Gasteiger partial charge in [0.25, 0.3) is 0 Å². The van der Waals surface area contributed by atoms with Crippen molar-refractivity contribution >= 4 is 11.6 Å². The maximum Gasteiger partial charge on any atom is 0.244 e. The number of para-hydroxylation sites is 1. The third-order valence-corrected chi connectivity index (χ3v) is 5.44. The number of piperidine rings is 1. The van der Waals surface area contributed by atoms with Crippen LogP contribution in [-0.2, 0) is 22.4 Å². The van der Waals surface area contributed by atoms with Crippen LogP contribution in [0.2, 0.25) is 0 Å². The summed E-state index contributed by atoms with van der Waals surface area (Å²) < 4.78 is 10.6. The molecule has 3 heterocycles. The molecule has 0 aliphatic carbocycles. The molecule has 0 spiro atoms. The molecule has 1 atom stereocenters. The summed E-state index contributed by atoms with van der Waals surface area (Å²) in [5.74, 6) is 1.43. The second-order valence-electron chi connectivity index (χ2n) is 7.20. The number of likely N-dealkylation sites (tertiary alicyclic amines) is 1. The number of nitrogens with zero attached hydrogens (tertiary/aromatic N) is 4. The molecular weight excluding hydrogens is 344 g/mol. The summed E-state index contributed by atoms with van der Waals surface area (Å²) in [6.45, 7) is 2.59. The molecule has 0 saturated carbocycles. The number of anilines is 1. The monoisotopic (exact) mass is 370 g/mol. The van der Waals surface area contributed by atoms with E-state index in [1.54, 1.807) is 7.11 Å². The molecule has 7 heteroatoms. The second-order valence-corrected chi connectivity index (χ2v) is 7.20. The van der Waals surface area contributed by atoms with Crippen molar-refractivity contribution in [2.45, 2.75) is 38.1 Å². The highest BCUT2D eigenvalue weighted by Crippen LogP contribution is 2.31. The first kappa shape index (κ1) is 18.1. The number of benzene rings is 1. The normalized spacial score (nSPS) is 20.0. The zero-order chi connectivity index (χ0) is 18.6. The van der Waals surface area contributed by atoms with Gasteiger partial charge in [0.15, 0.2) is 5.82 Å². The van der Waals surface area contributed by atoms with Crippen LogP contribution in [0.1, 0.15) is 42.6 Å². The summed E-state index contributed by atoms with van der Waals surface area (Å²) in [6, 6.07) is 8.18. The molecule has 2 aliphatic rings. The maximum absolute atomic E-state index is 13.0. The Bertz CT molecular complexity index is 791. The number of carbonyl (C=O) groups excluding carboxylic acids is 1. The molecule has 1 fully saturated rings. The van der Waals surface area contributed by atoms with Crippen molar-refractivity contribution in [3.05, 3.63) is 41.5 Å². The van der Waals surface area contributed by atoms with Crippen LogP contribution in [-0.4, -0.2) is 54.3 Å². The lowest BCUT2D eigenvalue weighted by Gasteiger charge is -2.33. The minimum atomic E-state index is 0.0179. The van der Waals surface area contributed by atoms with Gasteiger partial charge in [0.1, 0.15) is 0 Å². The fraction of sp³-hybridized carbons (Fsp3) is 0.550. The number of ether oxygens (including phenoxy) is 1. The van der Waals surface area contributed by atoms with Crippen molar-refractivity contribution in [3.8, 4) is 0 Å². The molecule has 1 aromatic heterocycles. The third-order valence-electron chi connectivity index (χ3n) is 5.44. The average molecular weight is 370 g/mol. The minimum absolute atomic E-state index is 0.0179. The molecule has 1 saturated heterocycles. The fourth-order valence-electron chi connectivity index (χ4n) is 4.01. The highest BCUT2D eigenvalue weighted by molar-refractivity contribution is 5.96. The summed E-state index contributed by atoms with van der Waals surface area (Å²) >= 11 is 0. The quantitative estimate of drug-likeness (QED) is 0.777. The number of hydrogen-bond donors (Lipinski definition) is 0. The van der Waals surface area contributed by atoms with Gasteiger partial charge in [0.05, 0.1) is 19.2 Å². The van der Waals surface area contributed by atoms with E-state index in [4.69, 9.17) is 9.26 Å². The largest absolute Gasteiger partial charge is 0.384 e. The molecule has 2 aliphatic heterocycles. The number of amides is 1. The van der Waals surface area contributed by atoms with E-state index in [0.717, 1.165) is 44.5 Å².